The first kappa shape index (κ1) is 12.5. The zero-order valence-corrected chi connectivity index (χ0v) is 10.8. The highest BCUT2D eigenvalue weighted by Gasteiger charge is 2.29. The average Bonchev–Trinajstić information content (AvgIpc) is 2.53. The predicted molar refractivity (Wildman–Crippen MR) is 63.3 cm³/mol. The van der Waals surface area contributed by atoms with Gasteiger partial charge in [-0.2, -0.15) is 0 Å². The van der Waals surface area contributed by atoms with Gasteiger partial charge in [-0.05, 0) is 25.2 Å². The van der Waals surface area contributed by atoms with Crippen molar-refractivity contribution >= 4 is 0 Å². The second-order valence-electron chi connectivity index (χ2n) is 5.82. The van der Waals surface area contributed by atoms with E-state index in [0.29, 0.717) is 0 Å². The molecule has 0 bridgehead atoms. The van der Waals surface area contributed by atoms with Gasteiger partial charge in [0.05, 0.1) is 6.10 Å². The summed E-state index contributed by atoms with van der Waals surface area (Å²) in [4.78, 5) is 2.32. The van der Waals surface area contributed by atoms with Gasteiger partial charge in [0.15, 0.2) is 0 Å². The van der Waals surface area contributed by atoms with Crippen LogP contribution in [-0.4, -0.2) is 39.5 Å². The summed E-state index contributed by atoms with van der Waals surface area (Å²) in [5.74, 6) is 0. The van der Waals surface area contributed by atoms with Crippen LogP contribution in [0.1, 0.15) is 38.1 Å². The van der Waals surface area contributed by atoms with Crippen molar-refractivity contribution in [3.63, 3.8) is 0 Å². The highest BCUT2D eigenvalue weighted by molar-refractivity contribution is 5.04. The Balaban J connectivity index is 2.03. The van der Waals surface area contributed by atoms with Crippen molar-refractivity contribution < 1.29 is 9.74 Å². The molecule has 2 heterocycles. The lowest BCUT2D eigenvalue weighted by atomic mass is 9.87. The van der Waals surface area contributed by atoms with Crippen LogP contribution in [0.25, 0.3) is 0 Å². The molecule has 0 amide bonds. The summed E-state index contributed by atoms with van der Waals surface area (Å²) in [7, 11) is 0. The van der Waals surface area contributed by atoms with Crippen molar-refractivity contribution in [3.05, 3.63) is 11.4 Å². The molecule has 0 saturated carbocycles. The Morgan fingerprint density at radius 3 is 2.88 bits per heavy atom. The fourth-order valence-corrected chi connectivity index (χ4v) is 2.56. The summed E-state index contributed by atoms with van der Waals surface area (Å²) in [6, 6.07) is 0. The van der Waals surface area contributed by atoms with E-state index in [2.05, 4.69) is 29.1 Å². The van der Waals surface area contributed by atoms with Crippen molar-refractivity contribution in [1.82, 2.24) is 15.2 Å². The summed E-state index contributed by atoms with van der Waals surface area (Å²) < 4.78 is 4.72. The number of likely N-dealkylation sites (tertiary alicyclic amines) is 1. The zero-order chi connectivity index (χ0) is 12.5. The predicted octanol–water partition coefficient (Wildman–Crippen LogP) is 1.36. The molecule has 2 rings (SSSR count). The summed E-state index contributed by atoms with van der Waals surface area (Å²) >= 11 is 0. The van der Waals surface area contributed by atoms with Gasteiger partial charge < -0.3 is 5.11 Å². The van der Waals surface area contributed by atoms with Crippen molar-refractivity contribution in [2.24, 2.45) is 5.41 Å². The van der Waals surface area contributed by atoms with E-state index in [0.717, 1.165) is 43.9 Å². The third-order valence-electron chi connectivity index (χ3n) is 3.34. The lowest BCUT2D eigenvalue weighted by molar-refractivity contribution is 0.121. The number of aryl methyl sites for hydroxylation is 1. The highest BCUT2D eigenvalue weighted by Crippen LogP contribution is 2.29. The number of aliphatic hydroxyl groups is 1. The molecule has 1 aliphatic rings. The highest BCUT2D eigenvalue weighted by atomic mass is 16.6. The minimum absolute atomic E-state index is 0.140. The zero-order valence-electron chi connectivity index (χ0n) is 10.8. The van der Waals surface area contributed by atoms with E-state index in [4.69, 9.17) is 4.63 Å². The molecule has 0 spiro atoms. The van der Waals surface area contributed by atoms with Crippen LogP contribution in [0.5, 0.6) is 0 Å². The van der Waals surface area contributed by atoms with E-state index < -0.39 is 0 Å². The Morgan fingerprint density at radius 2 is 2.24 bits per heavy atom. The van der Waals surface area contributed by atoms with Crippen LogP contribution < -0.4 is 0 Å². The molecule has 0 unspecified atom stereocenters. The Labute approximate surface area is 102 Å². The lowest BCUT2D eigenvalue weighted by Crippen LogP contribution is -2.32. The normalized spacial score (nSPS) is 25.8. The first-order valence-electron chi connectivity index (χ1n) is 6.15. The van der Waals surface area contributed by atoms with Gasteiger partial charge in [0.2, 0.25) is 0 Å². The summed E-state index contributed by atoms with van der Waals surface area (Å²) in [6.45, 7) is 8.92. The number of aromatic nitrogens is 2. The minimum Gasteiger partial charge on any atom is -0.393 e. The molecule has 5 heteroatoms. The molecule has 1 saturated heterocycles. The molecule has 1 aliphatic heterocycles. The van der Waals surface area contributed by atoms with Gasteiger partial charge in [0.1, 0.15) is 11.4 Å². The van der Waals surface area contributed by atoms with Gasteiger partial charge in [0, 0.05) is 19.6 Å². The Bertz CT molecular complexity index is 376. The van der Waals surface area contributed by atoms with E-state index in [9.17, 15) is 5.11 Å². The Hall–Kier alpha value is -0.940. The molecule has 1 fully saturated rings. The molecule has 1 aromatic rings. The summed E-state index contributed by atoms with van der Waals surface area (Å²) in [5, 5.41) is 17.6. The SMILES string of the molecule is Cc1nonc1CN1CC[C@@H](O)CC(C)(C)C1. The van der Waals surface area contributed by atoms with Crippen LogP contribution in [0.4, 0.5) is 0 Å². The van der Waals surface area contributed by atoms with Gasteiger partial charge >= 0.3 is 0 Å². The molecule has 1 atom stereocenters. The standard InChI is InChI=1S/C12H21N3O2/c1-9-11(14-17-13-9)7-15-5-4-10(16)6-12(2,3)8-15/h10,16H,4-8H2,1-3H3/t10-/m1/s1. The second kappa shape index (κ2) is 4.74. The topological polar surface area (TPSA) is 62.4 Å². The van der Waals surface area contributed by atoms with E-state index in [-0.39, 0.29) is 11.5 Å². The summed E-state index contributed by atoms with van der Waals surface area (Å²) in [5.41, 5.74) is 1.89. The van der Waals surface area contributed by atoms with Gasteiger partial charge in [-0.25, -0.2) is 4.63 Å². The lowest BCUT2D eigenvalue weighted by Gasteiger charge is -2.29. The average molecular weight is 239 g/mol. The fraction of sp³-hybridized carbons (Fsp3) is 0.833. The van der Waals surface area contributed by atoms with Crippen LogP contribution in [0, 0.1) is 12.3 Å². The maximum atomic E-state index is 9.85. The number of hydrogen-bond donors (Lipinski definition) is 1. The first-order valence-corrected chi connectivity index (χ1v) is 6.15. The van der Waals surface area contributed by atoms with Crippen LogP contribution in [-0.2, 0) is 6.54 Å². The van der Waals surface area contributed by atoms with Crippen molar-refractivity contribution in [1.29, 1.82) is 0 Å². The smallest absolute Gasteiger partial charge is 0.122 e. The molecular formula is C12H21N3O2. The summed E-state index contributed by atoms with van der Waals surface area (Å²) in [6.07, 6.45) is 1.50. The molecule has 5 nitrogen and oxygen atoms in total. The van der Waals surface area contributed by atoms with Crippen LogP contribution in [0.15, 0.2) is 4.63 Å². The monoisotopic (exact) mass is 239 g/mol. The number of rotatable bonds is 2. The van der Waals surface area contributed by atoms with Crippen molar-refractivity contribution in [3.8, 4) is 0 Å². The van der Waals surface area contributed by atoms with Gasteiger partial charge in [-0.15, -0.1) is 0 Å². The molecule has 0 aromatic carbocycles. The quantitative estimate of drug-likeness (QED) is 0.844. The van der Waals surface area contributed by atoms with E-state index in [1.165, 1.54) is 0 Å². The molecule has 1 N–H and O–H groups in total. The number of aliphatic hydroxyl groups excluding tert-OH is 1. The molecule has 96 valence electrons. The molecular weight excluding hydrogens is 218 g/mol. The number of hydrogen-bond acceptors (Lipinski definition) is 5. The first-order chi connectivity index (χ1) is 7.96. The molecule has 17 heavy (non-hydrogen) atoms. The minimum atomic E-state index is -0.188. The molecule has 0 aliphatic carbocycles. The van der Waals surface area contributed by atoms with Crippen molar-refractivity contribution in [2.75, 3.05) is 13.1 Å². The fourth-order valence-electron chi connectivity index (χ4n) is 2.56. The van der Waals surface area contributed by atoms with E-state index >= 15 is 0 Å². The van der Waals surface area contributed by atoms with E-state index in [1.807, 2.05) is 6.92 Å². The van der Waals surface area contributed by atoms with E-state index in [1.54, 1.807) is 0 Å². The van der Waals surface area contributed by atoms with Crippen LogP contribution in [0.2, 0.25) is 0 Å². The van der Waals surface area contributed by atoms with Crippen LogP contribution in [0.3, 0.4) is 0 Å². The van der Waals surface area contributed by atoms with Crippen molar-refractivity contribution in [2.45, 2.75) is 46.3 Å². The van der Waals surface area contributed by atoms with Gasteiger partial charge in [-0.3, -0.25) is 4.90 Å². The largest absolute Gasteiger partial charge is 0.393 e. The van der Waals surface area contributed by atoms with Gasteiger partial charge in [-0.1, -0.05) is 24.2 Å². The Morgan fingerprint density at radius 1 is 1.47 bits per heavy atom. The molecule has 1 aromatic heterocycles. The van der Waals surface area contributed by atoms with Gasteiger partial charge in [0.25, 0.3) is 0 Å². The Kier molecular flexibility index (Phi) is 3.49. The number of nitrogens with zero attached hydrogens (tertiary/aromatic N) is 3. The molecule has 0 radical (unpaired) electrons. The maximum absolute atomic E-state index is 9.85. The maximum Gasteiger partial charge on any atom is 0.122 e. The van der Waals surface area contributed by atoms with Crippen LogP contribution >= 0.6 is 0 Å². The third-order valence-corrected chi connectivity index (χ3v) is 3.34. The third kappa shape index (κ3) is 3.26. The second-order valence-corrected chi connectivity index (χ2v) is 5.82.